The number of hydrogen-bond acceptors (Lipinski definition) is 19. The van der Waals surface area contributed by atoms with Crippen molar-refractivity contribution in [2.45, 2.75) is 160 Å². The van der Waals surface area contributed by atoms with E-state index in [2.05, 4.69) is 25.5 Å². The van der Waals surface area contributed by atoms with Gasteiger partial charge < -0.3 is 89.5 Å². The van der Waals surface area contributed by atoms with Crippen molar-refractivity contribution in [2.24, 2.45) is 15.7 Å². The Bertz CT molecular complexity index is 1560. The van der Waals surface area contributed by atoms with Crippen LogP contribution < -0.4 is 10.6 Å². The van der Waals surface area contributed by atoms with Gasteiger partial charge in [0.1, 0.15) is 55.9 Å². The van der Waals surface area contributed by atoms with E-state index in [1.54, 1.807) is 13.8 Å². The number of ether oxygens (including phenoxy) is 4. The first kappa shape index (κ1) is 57.9. The molecule has 27 heteroatoms. The average Bonchev–Trinajstić information content (AvgIpc) is 3.20. The Morgan fingerprint density at radius 3 is 1.67 bits per heavy atom. The Labute approximate surface area is 372 Å². The summed E-state index contributed by atoms with van der Waals surface area (Å²) in [5, 5.41) is 74.6. The van der Waals surface area contributed by atoms with Crippen molar-refractivity contribution in [2.75, 3.05) is 45.7 Å². The van der Waals surface area contributed by atoms with Crippen molar-refractivity contribution >= 4 is 38.7 Å². The Hall–Kier alpha value is -2.26. The third kappa shape index (κ3) is 23.0. The van der Waals surface area contributed by atoms with Crippen LogP contribution in [0, 0.1) is 5.41 Å². The molecule has 2 rings (SSSR count). The predicted octanol–water partition coefficient (Wildman–Crippen LogP) is -1.14. The van der Waals surface area contributed by atoms with Crippen LogP contribution in [-0.2, 0) is 51.9 Å². The molecule has 0 saturated carbocycles. The third-order valence-electron chi connectivity index (χ3n) is 10.1. The van der Waals surface area contributed by atoms with E-state index in [4.69, 9.17) is 48.2 Å². The Kier molecular flexibility index (Phi) is 25.5. The molecule has 0 aromatic rings. The molecule has 25 nitrogen and oxygen atoms in total. The number of oxime groups is 2. The summed E-state index contributed by atoms with van der Waals surface area (Å²) in [5.41, 5.74) is 0.818. The van der Waals surface area contributed by atoms with Crippen molar-refractivity contribution < 1.29 is 102 Å². The van der Waals surface area contributed by atoms with Crippen LogP contribution in [0.1, 0.15) is 92.4 Å². The van der Waals surface area contributed by atoms with Gasteiger partial charge in [-0.15, -0.1) is 0 Å². The molecule has 374 valence electrons. The summed E-state index contributed by atoms with van der Waals surface area (Å²) < 4.78 is 48.0. The van der Waals surface area contributed by atoms with Gasteiger partial charge in [0.15, 0.2) is 12.6 Å². The fraction of sp³-hybridized carbons (Fsp3) is 0.892. The van der Waals surface area contributed by atoms with Gasteiger partial charge in [0, 0.05) is 31.6 Å². The van der Waals surface area contributed by atoms with Gasteiger partial charge in [-0.1, -0.05) is 31.1 Å². The van der Waals surface area contributed by atoms with Crippen molar-refractivity contribution in [3.05, 3.63) is 0 Å². The first-order valence-corrected chi connectivity index (χ1v) is 24.4. The van der Waals surface area contributed by atoms with E-state index in [0.29, 0.717) is 43.7 Å². The molecule has 0 radical (unpaired) electrons. The van der Waals surface area contributed by atoms with E-state index >= 15 is 0 Å². The second kappa shape index (κ2) is 28.2. The number of nitrogens with one attached hydrogen (secondary N) is 2. The Morgan fingerprint density at radius 1 is 0.672 bits per heavy atom. The zero-order valence-corrected chi connectivity index (χ0v) is 38.7. The number of carbonyl (C=O) groups excluding carboxylic acids is 2. The van der Waals surface area contributed by atoms with Gasteiger partial charge in [0.25, 0.3) is 0 Å². The first-order valence-electron chi connectivity index (χ1n) is 21.0. The number of rotatable bonds is 29. The molecule has 11 atom stereocenters. The van der Waals surface area contributed by atoms with Crippen LogP contribution in [-0.4, -0.2) is 187 Å². The van der Waals surface area contributed by atoms with Crippen LogP contribution in [0.2, 0.25) is 0 Å². The monoisotopic (exact) mass is 968 g/mol. The number of carbonyl (C=O) groups is 2. The smallest absolute Gasteiger partial charge is 0.393 e. The number of phosphoric ester groups is 1. The molecule has 0 aromatic carbocycles. The van der Waals surface area contributed by atoms with E-state index in [1.807, 2.05) is 20.8 Å². The molecule has 0 unspecified atom stereocenters. The molecular formula is C37H70N4O21P2. The molecule has 0 aliphatic carbocycles. The van der Waals surface area contributed by atoms with E-state index in [0.717, 1.165) is 6.42 Å². The normalized spacial score (nSPS) is 27.8. The van der Waals surface area contributed by atoms with Gasteiger partial charge in [-0.3, -0.25) is 18.7 Å². The molecule has 0 bridgehead atoms. The van der Waals surface area contributed by atoms with Gasteiger partial charge in [0.05, 0.1) is 37.3 Å². The van der Waals surface area contributed by atoms with Gasteiger partial charge in [-0.25, -0.2) is 4.57 Å². The molecule has 2 amide bonds. The maximum absolute atomic E-state index is 12.9. The topological polar surface area (TPSA) is 384 Å². The highest BCUT2D eigenvalue weighted by molar-refractivity contribution is 7.51. The number of phosphoric acid groups is 1. The minimum Gasteiger partial charge on any atom is -0.393 e. The minimum absolute atomic E-state index is 0.0173. The number of nitrogens with zero attached hydrogens (tertiary/aromatic N) is 2. The average molecular weight is 969 g/mol. The largest absolute Gasteiger partial charge is 0.469 e. The van der Waals surface area contributed by atoms with Crippen molar-refractivity contribution in [1.82, 2.24) is 10.6 Å². The van der Waals surface area contributed by atoms with Crippen molar-refractivity contribution in [3.8, 4) is 0 Å². The molecule has 2 saturated heterocycles. The van der Waals surface area contributed by atoms with Crippen LogP contribution in [0.3, 0.4) is 0 Å². The highest BCUT2D eigenvalue weighted by Crippen LogP contribution is 2.38. The minimum atomic E-state index is -4.88. The highest BCUT2D eigenvalue weighted by atomic mass is 31.2. The third-order valence-corrected chi connectivity index (χ3v) is 11.5. The first-order chi connectivity index (χ1) is 29.8. The summed E-state index contributed by atoms with van der Waals surface area (Å²) >= 11 is 0. The van der Waals surface area contributed by atoms with E-state index in [9.17, 15) is 49.4 Å². The van der Waals surface area contributed by atoms with Crippen LogP contribution in [0.15, 0.2) is 10.3 Å². The molecular weight excluding hydrogens is 898 g/mol. The lowest BCUT2D eigenvalue weighted by atomic mass is 9.83. The van der Waals surface area contributed by atoms with Gasteiger partial charge >= 0.3 is 15.4 Å². The Balaban J connectivity index is 1.61. The molecule has 0 spiro atoms. The molecule has 2 aliphatic rings. The molecule has 64 heavy (non-hydrogen) atoms. The molecule has 12 N–H and O–H groups in total. The number of unbranched alkanes of at least 4 members (excludes halogenated alkanes) is 1. The molecule has 2 aliphatic heterocycles. The second-order valence-electron chi connectivity index (χ2n) is 16.7. The fourth-order valence-electron chi connectivity index (χ4n) is 6.33. The fourth-order valence-corrected chi connectivity index (χ4v) is 7.26. The zero-order chi connectivity index (χ0) is 48.3. The quantitative estimate of drug-likeness (QED) is 0.0182. The summed E-state index contributed by atoms with van der Waals surface area (Å²) in [6.07, 6.45) is -12.3. The second-order valence-corrected chi connectivity index (χ2v) is 19.8. The van der Waals surface area contributed by atoms with Gasteiger partial charge in [-0.2, -0.15) is 0 Å². The van der Waals surface area contributed by atoms with Gasteiger partial charge in [-0.05, 0) is 64.2 Å². The summed E-state index contributed by atoms with van der Waals surface area (Å²) in [6, 6.07) is -0.139. The SMILES string of the molecule is C/C(CCC(=O)N[C@@H](CCCCNC(=O)CC/C(C)=N/OCCO[C@H]1O[C@H](COP(=O)(O)O)[C@@H](O)[C@H](O)[C@@H]1O)C(C)(C)C)=N/OCCO[C@H]1O[C@H](CCCP(=O)(O)O)[C@@H](O)[C@H](O)[C@@H]1O. The summed E-state index contributed by atoms with van der Waals surface area (Å²) in [4.78, 5) is 71.5. The van der Waals surface area contributed by atoms with E-state index in [-0.39, 0.29) is 75.4 Å². The summed E-state index contributed by atoms with van der Waals surface area (Å²) in [5.74, 6) is -0.353. The van der Waals surface area contributed by atoms with E-state index in [1.165, 1.54) is 0 Å². The van der Waals surface area contributed by atoms with Gasteiger partial charge in [0.2, 0.25) is 11.8 Å². The van der Waals surface area contributed by atoms with E-state index < -0.39 is 89.6 Å². The lowest BCUT2D eigenvalue weighted by Crippen LogP contribution is -2.59. The number of hydrogen-bond donors (Lipinski definition) is 12. The summed E-state index contributed by atoms with van der Waals surface area (Å²) in [6.45, 7) is 8.63. The number of amides is 2. The van der Waals surface area contributed by atoms with Crippen LogP contribution >= 0.6 is 15.4 Å². The Morgan fingerprint density at radius 2 is 1.17 bits per heavy atom. The number of aliphatic hydroxyl groups is 6. The molecule has 2 heterocycles. The lowest BCUT2D eigenvalue weighted by molar-refractivity contribution is -0.301. The summed E-state index contributed by atoms with van der Waals surface area (Å²) in [7, 11) is -9.13. The highest BCUT2D eigenvalue weighted by Gasteiger charge is 2.46. The lowest BCUT2D eigenvalue weighted by Gasteiger charge is -2.40. The maximum Gasteiger partial charge on any atom is 0.469 e. The van der Waals surface area contributed by atoms with Crippen molar-refractivity contribution in [3.63, 3.8) is 0 Å². The van der Waals surface area contributed by atoms with Crippen LogP contribution in [0.4, 0.5) is 0 Å². The predicted molar refractivity (Wildman–Crippen MR) is 224 cm³/mol. The molecule has 0 aromatic heterocycles. The number of aliphatic hydroxyl groups excluding tert-OH is 6. The molecule has 2 fully saturated rings. The standard InChI is InChI=1S/C37H70N4O21P2/c1-22(40-58-19-17-57-36-34(49)32(47)30(45)25(62-36)21-60-64(53,54)55)11-13-27(42)38-15-7-6-10-26(37(3,4)5)39-28(43)14-12-23(2)41-59-18-16-56-35-33(48)31(46)29(44)24(61-35)9-8-20-63(50,51)52/h24-26,29-36,44-49H,6-21H2,1-5H3,(H,38,42)(H,39,43)(H2,50,51,52)(H2,53,54,55)/b40-22+,41-23-/t24-,25-,26+,29-,30-,31+,32+,33+,34+,35+,36+/m1/s1. The van der Waals surface area contributed by atoms with Crippen LogP contribution in [0.5, 0.6) is 0 Å². The van der Waals surface area contributed by atoms with Crippen molar-refractivity contribution in [1.29, 1.82) is 0 Å². The maximum atomic E-state index is 12.9. The zero-order valence-electron chi connectivity index (χ0n) is 36.9. The van der Waals surface area contributed by atoms with Crippen LogP contribution in [0.25, 0.3) is 0 Å².